The highest BCUT2D eigenvalue weighted by Gasteiger charge is 2.17. The van der Waals surface area contributed by atoms with E-state index in [-0.39, 0.29) is 0 Å². The van der Waals surface area contributed by atoms with E-state index in [1.165, 1.54) is 16.7 Å². The number of ether oxygens (including phenoxy) is 3. The number of benzene rings is 3. The van der Waals surface area contributed by atoms with Gasteiger partial charge in [-0.1, -0.05) is 83.0 Å². The zero-order chi connectivity index (χ0) is 34.8. The van der Waals surface area contributed by atoms with Gasteiger partial charge < -0.3 is 28.6 Å². The molecule has 1 heterocycles. The highest BCUT2D eigenvalue weighted by atomic mass is 16.5. The summed E-state index contributed by atoms with van der Waals surface area (Å²) in [6.45, 7) is 22.5. The first-order chi connectivity index (χ1) is 24.0. The standard InChI is InChI=1S/C42H62N4O3/c1-7-12-28-46-39-32-38(47-29-13-26-44(8-2)9-3)33-40(49-30-14-27-45(10-4)11-5)42(39)43-41(46)24-21-35-19-22-37(23-20-35)48-31-25-36-17-15-34(6)16-18-36/h15-20,22-23,32-33H,7-14,21,24-31H2,1-6H3. The Kier molecular flexibility index (Phi) is 16.3. The molecule has 3 aromatic carbocycles. The van der Waals surface area contributed by atoms with Crippen molar-refractivity contribution in [1.82, 2.24) is 19.4 Å². The Hall–Kier alpha value is -3.55. The first kappa shape index (κ1) is 38.3. The van der Waals surface area contributed by atoms with Gasteiger partial charge in [-0.05, 0) is 82.0 Å². The molecule has 268 valence electrons. The fourth-order valence-electron chi connectivity index (χ4n) is 6.24. The van der Waals surface area contributed by atoms with Gasteiger partial charge in [-0.3, -0.25) is 0 Å². The van der Waals surface area contributed by atoms with E-state index < -0.39 is 0 Å². The summed E-state index contributed by atoms with van der Waals surface area (Å²) in [6, 6.07) is 21.5. The second-order valence-corrected chi connectivity index (χ2v) is 13.0. The van der Waals surface area contributed by atoms with Gasteiger partial charge in [0, 0.05) is 44.6 Å². The molecular formula is C42H62N4O3. The summed E-state index contributed by atoms with van der Waals surface area (Å²) in [7, 11) is 0. The van der Waals surface area contributed by atoms with E-state index in [4.69, 9.17) is 19.2 Å². The van der Waals surface area contributed by atoms with Gasteiger partial charge in [0.15, 0.2) is 5.75 Å². The van der Waals surface area contributed by atoms with E-state index in [9.17, 15) is 0 Å². The summed E-state index contributed by atoms with van der Waals surface area (Å²) in [6.07, 6.45) is 6.87. The van der Waals surface area contributed by atoms with E-state index in [2.05, 4.69) is 117 Å². The molecule has 0 aliphatic carbocycles. The van der Waals surface area contributed by atoms with Gasteiger partial charge >= 0.3 is 0 Å². The number of fused-ring (bicyclic) bond motifs is 1. The van der Waals surface area contributed by atoms with E-state index >= 15 is 0 Å². The molecule has 49 heavy (non-hydrogen) atoms. The largest absolute Gasteiger partial charge is 0.493 e. The Morgan fingerprint density at radius 3 is 1.84 bits per heavy atom. The topological polar surface area (TPSA) is 52.0 Å². The van der Waals surface area contributed by atoms with Crippen LogP contribution in [0.15, 0.2) is 60.7 Å². The zero-order valence-corrected chi connectivity index (χ0v) is 31.3. The van der Waals surface area contributed by atoms with Crippen molar-refractivity contribution < 1.29 is 14.2 Å². The van der Waals surface area contributed by atoms with Crippen LogP contribution in [-0.2, 0) is 25.8 Å². The van der Waals surface area contributed by atoms with E-state index in [1.807, 2.05) is 0 Å². The highest BCUT2D eigenvalue weighted by molar-refractivity contribution is 5.84. The summed E-state index contributed by atoms with van der Waals surface area (Å²) >= 11 is 0. The molecule has 7 nitrogen and oxygen atoms in total. The normalized spacial score (nSPS) is 11.6. The smallest absolute Gasteiger partial charge is 0.150 e. The van der Waals surface area contributed by atoms with Gasteiger partial charge in [-0.15, -0.1) is 0 Å². The summed E-state index contributed by atoms with van der Waals surface area (Å²) < 4.78 is 21.3. The fraction of sp³-hybridized carbons (Fsp3) is 0.548. The van der Waals surface area contributed by atoms with E-state index in [0.717, 1.165) is 125 Å². The Labute approximate surface area is 296 Å². The van der Waals surface area contributed by atoms with Crippen molar-refractivity contribution in [1.29, 1.82) is 0 Å². The Morgan fingerprint density at radius 2 is 1.20 bits per heavy atom. The number of hydrogen-bond acceptors (Lipinski definition) is 6. The van der Waals surface area contributed by atoms with Crippen molar-refractivity contribution in [2.24, 2.45) is 0 Å². The SMILES string of the molecule is CCCCn1c(CCc2ccc(OCCc3ccc(C)cc3)cc2)nc2c(OCCCN(CC)CC)cc(OCCCN(CC)CC)cc21. The molecule has 0 saturated carbocycles. The molecule has 0 saturated heterocycles. The van der Waals surface area contributed by atoms with Crippen LogP contribution in [0.4, 0.5) is 0 Å². The number of imidazole rings is 1. The van der Waals surface area contributed by atoms with Crippen LogP contribution in [0.3, 0.4) is 0 Å². The van der Waals surface area contributed by atoms with E-state index in [1.54, 1.807) is 0 Å². The first-order valence-corrected chi connectivity index (χ1v) is 19.0. The lowest BCUT2D eigenvalue weighted by atomic mass is 10.1. The van der Waals surface area contributed by atoms with Crippen LogP contribution in [0.5, 0.6) is 17.2 Å². The van der Waals surface area contributed by atoms with Crippen LogP contribution in [0.1, 0.15) is 82.8 Å². The van der Waals surface area contributed by atoms with Crippen molar-refractivity contribution in [2.45, 2.75) is 93.0 Å². The summed E-state index contributed by atoms with van der Waals surface area (Å²) in [4.78, 5) is 10.1. The van der Waals surface area contributed by atoms with Crippen LogP contribution >= 0.6 is 0 Å². The average Bonchev–Trinajstić information content (AvgIpc) is 3.48. The van der Waals surface area contributed by atoms with E-state index in [0.29, 0.717) is 19.8 Å². The molecule has 0 bridgehead atoms. The van der Waals surface area contributed by atoms with Gasteiger partial charge in [0.2, 0.25) is 0 Å². The predicted molar refractivity (Wildman–Crippen MR) is 205 cm³/mol. The van der Waals surface area contributed by atoms with Gasteiger partial charge in [0.1, 0.15) is 22.8 Å². The second kappa shape index (κ2) is 20.8. The lowest BCUT2D eigenvalue weighted by Gasteiger charge is -2.18. The summed E-state index contributed by atoms with van der Waals surface area (Å²) in [5, 5.41) is 0. The van der Waals surface area contributed by atoms with Crippen LogP contribution in [0.25, 0.3) is 11.0 Å². The van der Waals surface area contributed by atoms with Gasteiger partial charge in [0.05, 0.1) is 25.3 Å². The van der Waals surface area contributed by atoms with Crippen LogP contribution in [0, 0.1) is 6.92 Å². The number of hydrogen-bond donors (Lipinski definition) is 0. The quantitative estimate of drug-likeness (QED) is 0.0695. The number of aromatic nitrogens is 2. The number of nitrogens with zero attached hydrogens (tertiary/aromatic N) is 4. The molecule has 0 radical (unpaired) electrons. The van der Waals surface area contributed by atoms with Crippen molar-refractivity contribution in [2.75, 3.05) is 59.1 Å². The van der Waals surface area contributed by atoms with Crippen molar-refractivity contribution in [3.63, 3.8) is 0 Å². The molecule has 0 unspecified atom stereocenters. The van der Waals surface area contributed by atoms with Gasteiger partial charge in [-0.25, -0.2) is 4.98 Å². The number of rotatable bonds is 24. The number of aryl methyl sites for hydroxylation is 4. The minimum Gasteiger partial charge on any atom is -0.493 e. The minimum absolute atomic E-state index is 0.660. The first-order valence-electron chi connectivity index (χ1n) is 19.0. The number of unbranched alkanes of at least 4 members (excludes halogenated alkanes) is 1. The maximum absolute atomic E-state index is 6.49. The highest BCUT2D eigenvalue weighted by Crippen LogP contribution is 2.33. The lowest BCUT2D eigenvalue weighted by Crippen LogP contribution is -2.25. The zero-order valence-electron chi connectivity index (χ0n) is 31.3. The summed E-state index contributed by atoms with van der Waals surface area (Å²) in [5.41, 5.74) is 5.93. The monoisotopic (exact) mass is 670 g/mol. The molecule has 0 fully saturated rings. The third-order valence-electron chi connectivity index (χ3n) is 9.50. The molecule has 0 spiro atoms. The van der Waals surface area contributed by atoms with Crippen LogP contribution in [-0.4, -0.2) is 78.4 Å². The van der Waals surface area contributed by atoms with Crippen LogP contribution in [0.2, 0.25) is 0 Å². The van der Waals surface area contributed by atoms with Crippen molar-refractivity contribution in [3.05, 3.63) is 83.2 Å². The molecule has 0 N–H and O–H groups in total. The lowest BCUT2D eigenvalue weighted by molar-refractivity contribution is 0.243. The van der Waals surface area contributed by atoms with Crippen LogP contribution < -0.4 is 14.2 Å². The predicted octanol–water partition coefficient (Wildman–Crippen LogP) is 8.77. The molecule has 0 aliphatic rings. The minimum atomic E-state index is 0.660. The molecular weight excluding hydrogens is 608 g/mol. The van der Waals surface area contributed by atoms with Crippen molar-refractivity contribution >= 4 is 11.0 Å². The molecule has 4 aromatic rings. The van der Waals surface area contributed by atoms with Gasteiger partial charge in [-0.2, -0.15) is 0 Å². The molecule has 1 aromatic heterocycles. The second-order valence-electron chi connectivity index (χ2n) is 13.0. The average molecular weight is 671 g/mol. The Morgan fingerprint density at radius 1 is 0.612 bits per heavy atom. The maximum Gasteiger partial charge on any atom is 0.150 e. The molecule has 0 aliphatic heterocycles. The summed E-state index contributed by atoms with van der Waals surface area (Å²) in [5.74, 6) is 3.72. The maximum atomic E-state index is 6.49. The van der Waals surface area contributed by atoms with Gasteiger partial charge in [0.25, 0.3) is 0 Å². The fourth-order valence-corrected chi connectivity index (χ4v) is 6.24. The Bertz CT molecular complexity index is 1490. The Balaban J connectivity index is 1.47. The molecule has 0 amide bonds. The molecule has 0 atom stereocenters. The van der Waals surface area contributed by atoms with Crippen molar-refractivity contribution in [3.8, 4) is 17.2 Å². The third kappa shape index (κ3) is 12.1. The molecule has 7 heteroatoms. The third-order valence-corrected chi connectivity index (χ3v) is 9.50. The molecule has 4 rings (SSSR count).